The average molecular weight is 342 g/mol. The molecule has 26 heavy (non-hydrogen) atoms. The van der Waals surface area contributed by atoms with Crippen molar-refractivity contribution in [3.8, 4) is 18.2 Å². The molecule has 0 bridgehead atoms. The molecule has 3 atom stereocenters. The van der Waals surface area contributed by atoms with E-state index in [1.54, 1.807) is 0 Å². The van der Waals surface area contributed by atoms with E-state index in [2.05, 4.69) is 38.1 Å². The molecule has 2 aliphatic carbocycles. The summed E-state index contributed by atoms with van der Waals surface area (Å²) in [6.07, 6.45) is 4.78. The summed E-state index contributed by atoms with van der Waals surface area (Å²) in [4.78, 5) is 0. The van der Waals surface area contributed by atoms with Crippen LogP contribution in [0.2, 0.25) is 0 Å². The molecule has 1 saturated carbocycles. The van der Waals surface area contributed by atoms with Gasteiger partial charge in [0.05, 0.1) is 23.9 Å². The van der Waals surface area contributed by atoms with Gasteiger partial charge in [0, 0.05) is 5.92 Å². The van der Waals surface area contributed by atoms with Crippen molar-refractivity contribution in [2.45, 2.75) is 44.9 Å². The lowest BCUT2D eigenvalue weighted by Crippen LogP contribution is -2.48. The number of nitrogens with one attached hydrogen (secondary N) is 1. The Morgan fingerprint density at radius 1 is 1.12 bits per heavy atom. The molecule has 1 N–H and O–H groups in total. The molecule has 2 aliphatic rings. The molecule has 0 spiro atoms. The summed E-state index contributed by atoms with van der Waals surface area (Å²) < 4.78 is 0. The van der Waals surface area contributed by atoms with Crippen molar-refractivity contribution < 1.29 is 0 Å². The summed E-state index contributed by atoms with van der Waals surface area (Å²) in [5.74, 6) is -0.793. The number of fused-ring (bicyclic) bond motifs is 1. The third-order valence-electron chi connectivity index (χ3n) is 5.89. The number of nitriles is 3. The molecule has 0 heterocycles. The molecule has 0 aliphatic heterocycles. The van der Waals surface area contributed by atoms with E-state index in [0.29, 0.717) is 5.92 Å². The number of nitrogens with zero attached hydrogens (tertiary/aromatic N) is 3. The van der Waals surface area contributed by atoms with E-state index in [9.17, 15) is 15.8 Å². The van der Waals surface area contributed by atoms with Crippen molar-refractivity contribution in [3.05, 3.63) is 47.0 Å². The van der Waals surface area contributed by atoms with Gasteiger partial charge in [0.2, 0.25) is 0 Å². The molecule has 0 amide bonds. The zero-order valence-electron chi connectivity index (χ0n) is 15.2. The zero-order chi connectivity index (χ0) is 18.9. The average Bonchev–Trinajstić information content (AvgIpc) is 2.67. The van der Waals surface area contributed by atoms with Crippen LogP contribution in [-0.4, -0.2) is 5.71 Å². The largest absolute Gasteiger partial charge is 0.305 e. The summed E-state index contributed by atoms with van der Waals surface area (Å²) in [5, 5.41) is 38.1. The Bertz CT molecular complexity index is 857. The first-order chi connectivity index (χ1) is 12.5. The molecule has 1 aromatic carbocycles. The highest BCUT2D eigenvalue weighted by Crippen LogP contribution is 2.55. The molecule has 0 saturated heterocycles. The third kappa shape index (κ3) is 2.53. The van der Waals surface area contributed by atoms with Crippen LogP contribution in [0.3, 0.4) is 0 Å². The van der Waals surface area contributed by atoms with Crippen molar-refractivity contribution in [1.82, 2.24) is 0 Å². The molecule has 0 radical (unpaired) electrons. The predicted octanol–water partition coefficient (Wildman–Crippen LogP) is 4.83. The van der Waals surface area contributed by atoms with Crippen LogP contribution in [0, 0.1) is 56.7 Å². The van der Waals surface area contributed by atoms with Gasteiger partial charge in [0.15, 0.2) is 5.41 Å². The van der Waals surface area contributed by atoms with Crippen LogP contribution in [0.15, 0.2) is 35.9 Å². The first kappa shape index (κ1) is 17.9. The van der Waals surface area contributed by atoms with Gasteiger partial charge in [-0.15, -0.1) is 0 Å². The van der Waals surface area contributed by atoms with Gasteiger partial charge in [-0.3, -0.25) is 0 Å². The highest BCUT2D eigenvalue weighted by atomic mass is 14.6. The number of hydrogen-bond acceptors (Lipinski definition) is 4. The number of hydrogen-bond donors (Lipinski definition) is 1. The zero-order valence-corrected chi connectivity index (χ0v) is 15.2. The van der Waals surface area contributed by atoms with Crippen LogP contribution in [0.1, 0.15) is 56.1 Å². The summed E-state index contributed by atoms with van der Waals surface area (Å²) in [5.41, 5.74) is 1.40. The van der Waals surface area contributed by atoms with Crippen LogP contribution < -0.4 is 0 Å². The van der Waals surface area contributed by atoms with Gasteiger partial charge in [-0.05, 0) is 47.8 Å². The Kier molecular flexibility index (Phi) is 4.67. The lowest BCUT2D eigenvalue weighted by atomic mass is 9.53. The van der Waals surface area contributed by atoms with Gasteiger partial charge >= 0.3 is 0 Å². The normalized spacial score (nSPS) is 26.8. The smallest absolute Gasteiger partial charge is 0.189 e. The highest BCUT2D eigenvalue weighted by molar-refractivity contribution is 6.00. The maximum Gasteiger partial charge on any atom is 0.189 e. The lowest BCUT2D eigenvalue weighted by Gasteiger charge is -2.45. The van der Waals surface area contributed by atoms with Crippen LogP contribution >= 0.6 is 0 Å². The fraction of sp³-hybridized carbons (Fsp3) is 0.455. The van der Waals surface area contributed by atoms with Crippen LogP contribution in [0.25, 0.3) is 0 Å². The molecular weight excluding hydrogens is 320 g/mol. The Labute approximate surface area is 154 Å². The fourth-order valence-corrected chi connectivity index (χ4v) is 4.47. The molecule has 0 aromatic heterocycles. The molecule has 4 nitrogen and oxygen atoms in total. The summed E-state index contributed by atoms with van der Waals surface area (Å²) in [6.45, 7) is 4.25. The number of benzene rings is 1. The van der Waals surface area contributed by atoms with E-state index < -0.39 is 17.3 Å². The van der Waals surface area contributed by atoms with Crippen molar-refractivity contribution in [1.29, 1.82) is 21.2 Å². The minimum atomic E-state index is -1.58. The second-order valence-corrected chi connectivity index (χ2v) is 7.55. The summed E-state index contributed by atoms with van der Waals surface area (Å²) in [6, 6.07) is 14.5. The second kappa shape index (κ2) is 6.78. The summed E-state index contributed by atoms with van der Waals surface area (Å²) >= 11 is 0. The second-order valence-electron chi connectivity index (χ2n) is 7.55. The van der Waals surface area contributed by atoms with Crippen molar-refractivity contribution in [2.75, 3.05) is 0 Å². The molecule has 1 aromatic rings. The van der Waals surface area contributed by atoms with Gasteiger partial charge in [-0.2, -0.15) is 15.8 Å². The maximum atomic E-state index is 9.95. The van der Waals surface area contributed by atoms with Crippen LogP contribution in [-0.2, 0) is 0 Å². The van der Waals surface area contributed by atoms with E-state index in [1.807, 2.05) is 24.3 Å². The molecule has 130 valence electrons. The molecular formula is C22H22N4. The quantitative estimate of drug-likeness (QED) is 0.780. The van der Waals surface area contributed by atoms with Gasteiger partial charge < -0.3 is 5.41 Å². The Morgan fingerprint density at radius 3 is 2.31 bits per heavy atom. The van der Waals surface area contributed by atoms with E-state index in [-0.39, 0.29) is 11.6 Å². The fourth-order valence-electron chi connectivity index (χ4n) is 4.47. The topological polar surface area (TPSA) is 95.2 Å². The Balaban J connectivity index is 2.19. The lowest BCUT2D eigenvalue weighted by molar-refractivity contribution is 0.320. The van der Waals surface area contributed by atoms with E-state index in [0.717, 1.165) is 30.4 Å². The monoisotopic (exact) mass is 342 g/mol. The molecule has 3 rings (SSSR count). The van der Waals surface area contributed by atoms with Crippen LogP contribution in [0.5, 0.6) is 0 Å². The van der Waals surface area contributed by atoms with Gasteiger partial charge in [0.25, 0.3) is 0 Å². The van der Waals surface area contributed by atoms with E-state index in [4.69, 9.17) is 5.41 Å². The minimum Gasteiger partial charge on any atom is -0.305 e. The number of allylic oxidation sites excluding steroid dienone is 2. The van der Waals surface area contributed by atoms with Gasteiger partial charge in [0.1, 0.15) is 5.92 Å². The first-order valence-corrected chi connectivity index (χ1v) is 9.11. The van der Waals surface area contributed by atoms with Crippen molar-refractivity contribution in [2.24, 2.45) is 17.3 Å². The Morgan fingerprint density at radius 2 is 1.77 bits per heavy atom. The first-order valence-electron chi connectivity index (χ1n) is 9.11. The van der Waals surface area contributed by atoms with Gasteiger partial charge in [-0.25, -0.2) is 0 Å². The predicted molar refractivity (Wildman–Crippen MR) is 99.2 cm³/mol. The molecule has 1 fully saturated rings. The molecule has 4 heteroatoms. The van der Waals surface area contributed by atoms with Gasteiger partial charge in [-0.1, -0.05) is 44.2 Å². The highest BCUT2D eigenvalue weighted by Gasteiger charge is 2.57. The third-order valence-corrected chi connectivity index (χ3v) is 5.89. The van der Waals surface area contributed by atoms with Crippen LogP contribution in [0.4, 0.5) is 0 Å². The van der Waals surface area contributed by atoms with Crippen molar-refractivity contribution in [3.63, 3.8) is 0 Å². The Hall–Kier alpha value is -2.90. The maximum absolute atomic E-state index is 9.95. The minimum absolute atomic E-state index is 0.0355. The number of rotatable bonds is 2. The standard InChI is InChI=1S/C22H22N4/c1-14(2)15-7-9-16(10-8-15)20-18-6-4-3-5-17(18)19(11-23)21(26)22(20,12-24)13-25/h5,7-10,14,18-20,26H,3-4,6H2,1-2H3/t18-,19-,20-/m0/s1. The van der Waals surface area contributed by atoms with E-state index >= 15 is 0 Å². The van der Waals surface area contributed by atoms with E-state index in [1.165, 1.54) is 5.56 Å². The summed E-state index contributed by atoms with van der Waals surface area (Å²) in [7, 11) is 0. The SMILES string of the molecule is CC(C)c1ccc([C@H]2[C@H]3CCCC=C3[C@H](C#N)C(=N)C2(C#N)C#N)cc1. The molecule has 0 unspecified atom stereocenters. The van der Waals surface area contributed by atoms with Crippen molar-refractivity contribution >= 4 is 5.71 Å².